The zero-order chi connectivity index (χ0) is 21.0. The fourth-order valence-corrected chi connectivity index (χ4v) is 5.58. The third-order valence-electron chi connectivity index (χ3n) is 5.80. The molecule has 2 aromatic rings. The van der Waals surface area contributed by atoms with Crippen molar-refractivity contribution < 1.29 is 13.2 Å². The van der Waals surface area contributed by atoms with Gasteiger partial charge in [-0.1, -0.05) is 44.2 Å². The molecule has 0 radical (unpaired) electrons. The molecule has 0 bridgehead atoms. The van der Waals surface area contributed by atoms with E-state index in [0.717, 1.165) is 24.8 Å². The van der Waals surface area contributed by atoms with E-state index < -0.39 is 10.0 Å². The van der Waals surface area contributed by atoms with Crippen LogP contribution >= 0.6 is 0 Å². The van der Waals surface area contributed by atoms with E-state index in [-0.39, 0.29) is 10.8 Å². The summed E-state index contributed by atoms with van der Waals surface area (Å²) in [6, 6.07) is 13.2. The Morgan fingerprint density at radius 1 is 1.14 bits per heavy atom. The number of rotatable bonds is 7. The predicted octanol–water partition coefficient (Wildman–Crippen LogP) is 3.88. The van der Waals surface area contributed by atoms with Crippen LogP contribution in [-0.4, -0.2) is 38.3 Å². The van der Waals surface area contributed by atoms with Gasteiger partial charge in [-0.3, -0.25) is 4.79 Å². The number of hydrogen-bond acceptors (Lipinski definition) is 3. The molecule has 0 fully saturated rings. The number of benzene rings is 2. The van der Waals surface area contributed by atoms with Crippen LogP contribution in [0.2, 0.25) is 0 Å². The molecule has 5 nitrogen and oxygen atoms in total. The molecule has 0 aliphatic heterocycles. The van der Waals surface area contributed by atoms with E-state index in [1.54, 1.807) is 12.1 Å². The highest BCUT2D eigenvalue weighted by Gasteiger charge is 2.24. The van der Waals surface area contributed by atoms with Crippen LogP contribution in [0.4, 0.5) is 0 Å². The molecule has 0 aromatic heterocycles. The van der Waals surface area contributed by atoms with Gasteiger partial charge in [0, 0.05) is 31.1 Å². The summed E-state index contributed by atoms with van der Waals surface area (Å²) in [5.41, 5.74) is 3.86. The average Bonchev–Trinajstić information content (AvgIpc) is 2.72. The minimum Gasteiger partial charge on any atom is -0.351 e. The van der Waals surface area contributed by atoms with Crippen LogP contribution < -0.4 is 5.32 Å². The quantitative estimate of drug-likeness (QED) is 0.748. The average molecular weight is 415 g/mol. The maximum absolute atomic E-state index is 12.9. The monoisotopic (exact) mass is 414 g/mol. The van der Waals surface area contributed by atoms with Crippen LogP contribution in [0.3, 0.4) is 0 Å². The molecule has 1 aliphatic carbocycles. The maximum Gasteiger partial charge on any atom is 0.251 e. The zero-order valence-electron chi connectivity index (χ0n) is 17.4. The van der Waals surface area contributed by atoms with Crippen molar-refractivity contribution in [1.29, 1.82) is 0 Å². The maximum atomic E-state index is 12.9. The number of carbonyl (C=O) groups is 1. The Bertz CT molecular complexity index is 981. The summed E-state index contributed by atoms with van der Waals surface area (Å²) >= 11 is 0. The molecule has 1 aliphatic rings. The number of fused-ring (bicyclic) bond motifs is 1. The van der Waals surface area contributed by atoms with Crippen molar-refractivity contribution in [3.05, 3.63) is 64.7 Å². The molecule has 3 rings (SSSR count). The van der Waals surface area contributed by atoms with Crippen LogP contribution in [0.15, 0.2) is 47.4 Å². The zero-order valence-corrected chi connectivity index (χ0v) is 18.3. The molecular weight excluding hydrogens is 384 g/mol. The fraction of sp³-hybridized carbons (Fsp3) is 0.435. The van der Waals surface area contributed by atoms with Gasteiger partial charge < -0.3 is 5.32 Å². The van der Waals surface area contributed by atoms with E-state index in [4.69, 9.17) is 0 Å². The van der Waals surface area contributed by atoms with Gasteiger partial charge in [-0.2, -0.15) is 4.31 Å². The van der Waals surface area contributed by atoms with Crippen LogP contribution in [0.1, 0.15) is 59.7 Å². The molecule has 6 heteroatoms. The third kappa shape index (κ3) is 4.54. The van der Waals surface area contributed by atoms with Gasteiger partial charge in [-0.15, -0.1) is 0 Å². The first kappa shape index (κ1) is 21.5. The molecule has 1 amide bonds. The summed E-state index contributed by atoms with van der Waals surface area (Å²) in [4.78, 5) is 13.1. The number of amides is 1. The topological polar surface area (TPSA) is 66.5 Å². The molecule has 0 heterocycles. The van der Waals surface area contributed by atoms with Gasteiger partial charge in [-0.25, -0.2) is 8.42 Å². The Morgan fingerprint density at radius 2 is 1.86 bits per heavy atom. The molecule has 0 unspecified atom stereocenters. The smallest absolute Gasteiger partial charge is 0.251 e. The van der Waals surface area contributed by atoms with Crippen molar-refractivity contribution in [1.82, 2.24) is 9.62 Å². The molecule has 0 spiro atoms. The minimum absolute atomic E-state index is 0.167. The van der Waals surface area contributed by atoms with E-state index in [1.807, 2.05) is 26.8 Å². The second-order valence-electron chi connectivity index (χ2n) is 7.56. The normalized spacial score (nSPS) is 16.5. The first-order chi connectivity index (χ1) is 13.9. The van der Waals surface area contributed by atoms with Crippen molar-refractivity contribution in [2.75, 3.05) is 19.6 Å². The number of nitrogens with one attached hydrogen (secondary N) is 1. The van der Waals surface area contributed by atoms with E-state index >= 15 is 0 Å². The number of aryl methyl sites for hydroxylation is 2. The first-order valence-corrected chi connectivity index (χ1v) is 11.8. The van der Waals surface area contributed by atoms with Crippen molar-refractivity contribution in [3.63, 3.8) is 0 Å². The fourth-order valence-electron chi connectivity index (χ4n) is 4.10. The van der Waals surface area contributed by atoms with Crippen molar-refractivity contribution >= 4 is 15.9 Å². The molecule has 29 heavy (non-hydrogen) atoms. The molecular formula is C23H30N2O3S. The molecule has 2 aromatic carbocycles. The van der Waals surface area contributed by atoms with Crippen molar-refractivity contribution in [2.45, 2.75) is 50.8 Å². The van der Waals surface area contributed by atoms with Gasteiger partial charge in [0.1, 0.15) is 0 Å². The third-order valence-corrected chi connectivity index (χ3v) is 7.85. The van der Waals surface area contributed by atoms with Crippen LogP contribution in [-0.2, 0) is 16.4 Å². The second-order valence-corrected chi connectivity index (χ2v) is 9.50. The Hall–Kier alpha value is -2.18. The van der Waals surface area contributed by atoms with Crippen LogP contribution in [0, 0.1) is 6.92 Å². The molecule has 156 valence electrons. The van der Waals surface area contributed by atoms with E-state index in [2.05, 4.69) is 23.5 Å². The van der Waals surface area contributed by atoms with Crippen molar-refractivity contribution in [3.8, 4) is 0 Å². The standard InChI is InChI=1S/C23H30N2O3S/c1-4-25(5-2)29(27,28)20-14-13-17(3)22(15-20)23(26)24-16-19-11-8-10-18-9-6-7-12-21(18)19/h6-7,9,12-15,19H,4-5,8,10-11,16H2,1-3H3,(H,24,26)/t19-/m0/s1. The summed E-state index contributed by atoms with van der Waals surface area (Å²) in [6.45, 7) is 6.81. The number of carbonyl (C=O) groups excluding carboxylic acids is 1. The van der Waals surface area contributed by atoms with E-state index in [9.17, 15) is 13.2 Å². The summed E-state index contributed by atoms with van der Waals surface area (Å²) in [5, 5.41) is 3.04. The van der Waals surface area contributed by atoms with Crippen molar-refractivity contribution in [2.24, 2.45) is 0 Å². The van der Waals surface area contributed by atoms with Crippen LogP contribution in [0.5, 0.6) is 0 Å². The Labute approximate surface area is 174 Å². The van der Waals surface area contributed by atoms with Gasteiger partial charge in [0.15, 0.2) is 0 Å². The molecule has 1 N–H and O–H groups in total. The number of sulfonamides is 1. The Morgan fingerprint density at radius 3 is 2.59 bits per heavy atom. The second kappa shape index (κ2) is 9.09. The van der Waals surface area contributed by atoms with E-state index in [1.165, 1.54) is 21.5 Å². The predicted molar refractivity (Wildman–Crippen MR) is 116 cm³/mol. The summed E-state index contributed by atoms with van der Waals surface area (Å²) in [5.74, 6) is 0.0777. The lowest BCUT2D eigenvalue weighted by Crippen LogP contribution is -2.32. The lowest BCUT2D eigenvalue weighted by molar-refractivity contribution is 0.0949. The molecule has 0 saturated heterocycles. The summed E-state index contributed by atoms with van der Waals surface area (Å²) in [7, 11) is -3.60. The van der Waals surface area contributed by atoms with Gasteiger partial charge in [0.2, 0.25) is 10.0 Å². The van der Waals surface area contributed by atoms with Crippen LogP contribution in [0.25, 0.3) is 0 Å². The highest BCUT2D eigenvalue weighted by molar-refractivity contribution is 7.89. The summed E-state index contributed by atoms with van der Waals surface area (Å²) < 4.78 is 27.0. The largest absolute Gasteiger partial charge is 0.351 e. The first-order valence-electron chi connectivity index (χ1n) is 10.3. The lowest BCUT2D eigenvalue weighted by atomic mass is 9.83. The van der Waals surface area contributed by atoms with Gasteiger partial charge in [0.25, 0.3) is 5.91 Å². The molecule has 0 saturated carbocycles. The highest BCUT2D eigenvalue weighted by atomic mass is 32.2. The SMILES string of the molecule is CCN(CC)S(=O)(=O)c1ccc(C)c(C(=O)NC[C@@H]2CCCc3ccccc32)c1. The molecule has 1 atom stereocenters. The summed E-state index contributed by atoms with van der Waals surface area (Å²) in [6.07, 6.45) is 3.26. The number of hydrogen-bond donors (Lipinski definition) is 1. The van der Waals surface area contributed by atoms with Gasteiger partial charge in [0.05, 0.1) is 4.90 Å². The lowest BCUT2D eigenvalue weighted by Gasteiger charge is -2.26. The Balaban J connectivity index is 1.78. The number of nitrogens with zero attached hydrogens (tertiary/aromatic N) is 1. The van der Waals surface area contributed by atoms with Gasteiger partial charge >= 0.3 is 0 Å². The Kier molecular flexibility index (Phi) is 6.75. The van der Waals surface area contributed by atoms with Gasteiger partial charge in [-0.05, 0) is 55.0 Å². The highest BCUT2D eigenvalue weighted by Crippen LogP contribution is 2.31. The minimum atomic E-state index is -3.60. The van der Waals surface area contributed by atoms with E-state index in [0.29, 0.717) is 31.1 Å².